The van der Waals surface area contributed by atoms with Gasteiger partial charge >= 0.3 is 0 Å². The van der Waals surface area contributed by atoms with Crippen LogP contribution in [-0.4, -0.2) is 6.61 Å². The highest BCUT2D eigenvalue weighted by Crippen LogP contribution is 2.19. The van der Waals surface area contributed by atoms with Gasteiger partial charge in [0.2, 0.25) is 0 Å². The molecule has 2 nitrogen and oxygen atoms in total. The van der Waals surface area contributed by atoms with E-state index in [-0.39, 0.29) is 6.04 Å². The first kappa shape index (κ1) is 14.6. The Kier molecular flexibility index (Phi) is 4.46. The maximum absolute atomic E-state index is 6.21. The fraction of sp³-hybridized carbons (Fsp3) is 0.333. The van der Waals surface area contributed by atoms with Crippen LogP contribution in [-0.2, 0) is 0 Å². The highest BCUT2D eigenvalue weighted by Gasteiger charge is 2.08. The van der Waals surface area contributed by atoms with Crippen molar-refractivity contribution in [3.63, 3.8) is 0 Å². The average Bonchev–Trinajstić information content (AvgIpc) is 2.38. The number of ether oxygens (including phenoxy) is 1. The Morgan fingerprint density at radius 1 is 0.900 bits per heavy atom. The number of benzene rings is 2. The molecule has 2 rings (SSSR count). The minimum Gasteiger partial charge on any atom is -0.492 e. The van der Waals surface area contributed by atoms with Crippen LogP contribution < -0.4 is 10.5 Å². The molecule has 0 aliphatic heterocycles. The minimum atomic E-state index is -0.102. The zero-order valence-corrected chi connectivity index (χ0v) is 12.7. The molecule has 0 aliphatic rings. The molecule has 0 spiro atoms. The summed E-state index contributed by atoms with van der Waals surface area (Å²) in [6.45, 7) is 8.85. The van der Waals surface area contributed by atoms with Gasteiger partial charge in [0, 0.05) is 0 Å². The number of aryl methyl sites for hydroxylation is 4. The Balaban J connectivity index is 2.04. The fourth-order valence-electron chi connectivity index (χ4n) is 2.29. The summed E-state index contributed by atoms with van der Waals surface area (Å²) in [6, 6.07) is 12.5. The summed E-state index contributed by atoms with van der Waals surface area (Å²) in [4.78, 5) is 0. The molecule has 20 heavy (non-hydrogen) atoms. The maximum Gasteiger partial charge on any atom is 0.119 e. The third-order valence-electron chi connectivity index (χ3n) is 3.58. The Bertz CT molecular complexity index is 584. The Hall–Kier alpha value is -1.80. The van der Waals surface area contributed by atoms with Crippen molar-refractivity contribution in [1.82, 2.24) is 0 Å². The highest BCUT2D eigenvalue weighted by molar-refractivity contribution is 5.34. The zero-order valence-electron chi connectivity index (χ0n) is 12.7. The predicted molar refractivity (Wildman–Crippen MR) is 84.3 cm³/mol. The van der Waals surface area contributed by atoms with Crippen molar-refractivity contribution in [2.24, 2.45) is 5.73 Å². The van der Waals surface area contributed by atoms with Crippen molar-refractivity contribution in [2.75, 3.05) is 6.61 Å². The molecule has 0 saturated heterocycles. The second-order valence-electron chi connectivity index (χ2n) is 5.58. The van der Waals surface area contributed by atoms with E-state index in [4.69, 9.17) is 10.5 Å². The fourth-order valence-corrected chi connectivity index (χ4v) is 2.29. The second-order valence-corrected chi connectivity index (χ2v) is 5.58. The third kappa shape index (κ3) is 3.61. The van der Waals surface area contributed by atoms with Crippen molar-refractivity contribution in [3.05, 3.63) is 64.2 Å². The number of rotatable bonds is 4. The van der Waals surface area contributed by atoms with Gasteiger partial charge < -0.3 is 10.5 Å². The van der Waals surface area contributed by atoms with Crippen molar-refractivity contribution < 1.29 is 4.74 Å². The summed E-state index contributed by atoms with van der Waals surface area (Å²) in [5.74, 6) is 0.891. The first-order valence-corrected chi connectivity index (χ1v) is 6.99. The molecule has 2 N–H and O–H groups in total. The monoisotopic (exact) mass is 269 g/mol. The van der Waals surface area contributed by atoms with Crippen LogP contribution in [0.25, 0.3) is 0 Å². The van der Waals surface area contributed by atoms with Crippen molar-refractivity contribution in [1.29, 1.82) is 0 Å². The van der Waals surface area contributed by atoms with Gasteiger partial charge in [0.1, 0.15) is 12.4 Å². The Morgan fingerprint density at radius 3 is 2.15 bits per heavy atom. The lowest BCUT2D eigenvalue weighted by atomic mass is 10.0. The highest BCUT2D eigenvalue weighted by atomic mass is 16.5. The van der Waals surface area contributed by atoms with E-state index >= 15 is 0 Å². The van der Waals surface area contributed by atoms with E-state index < -0.39 is 0 Å². The van der Waals surface area contributed by atoms with Crippen LogP contribution in [0.2, 0.25) is 0 Å². The molecular formula is C18H23NO. The lowest BCUT2D eigenvalue weighted by molar-refractivity contribution is 0.290. The van der Waals surface area contributed by atoms with E-state index in [1.54, 1.807) is 0 Å². The molecule has 0 aromatic heterocycles. The normalized spacial score (nSPS) is 12.2. The van der Waals surface area contributed by atoms with Gasteiger partial charge in [0.05, 0.1) is 6.04 Å². The largest absolute Gasteiger partial charge is 0.492 e. The molecule has 1 atom stereocenters. The van der Waals surface area contributed by atoms with E-state index in [9.17, 15) is 0 Å². The lowest BCUT2D eigenvalue weighted by Crippen LogP contribution is -2.19. The third-order valence-corrected chi connectivity index (χ3v) is 3.58. The van der Waals surface area contributed by atoms with Gasteiger partial charge in [-0.15, -0.1) is 0 Å². The molecule has 0 saturated carbocycles. The van der Waals surface area contributed by atoms with E-state index in [1.165, 1.54) is 22.3 Å². The standard InChI is InChI=1S/C18H23NO/c1-12-7-13(2)9-17(8-12)20-11-18(19)16-6-5-14(3)15(4)10-16/h5-10,18H,11,19H2,1-4H3. The van der Waals surface area contributed by atoms with Crippen molar-refractivity contribution in [3.8, 4) is 5.75 Å². The molecule has 0 fully saturated rings. The first-order chi connectivity index (χ1) is 9.45. The van der Waals surface area contributed by atoms with Crippen LogP contribution >= 0.6 is 0 Å². The lowest BCUT2D eigenvalue weighted by Gasteiger charge is -2.15. The van der Waals surface area contributed by atoms with Crippen molar-refractivity contribution >= 4 is 0 Å². The quantitative estimate of drug-likeness (QED) is 0.910. The van der Waals surface area contributed by atoms with Crippen LogP contribution in [0, 0.1) is 27.7 Å². The molecule has 2 heteroatoms. The average molecular weight is 269 g/mol. The van der Waals surface area contributed by atoms with Crippen LogP contribution in [0.3, 0.4) is 0 Å². The number of hydrogen-bond acceptors (Lipinski definition) is 2. The minimum absolute atomic E-state index is 0.102. The van der Waals surface area contributed by atoms with Crippen LogP contribution in [0.15, 0.2) is 36.4 Å². The Morgan fingerprint density at radius 2 is 1.55 bits per heavy atom. The molecule has 2 aromatic rings. The van der Waals surface area contributed by atoms with Gasteiger partial charge in [-0.25, -0.2) is 0 Å². The number of nitrogens with two attached hydrogens (primary N) is 1. The van der Waals surface area contributed by atoms with E-state index in [0.717, 1.165) is 11.3 Å². The summed E-state index contributed by atoms with van der Waals surface area (Å²) < 4.78 is 5.83. The van der Waals surface area contributed by atoms with Gasteiger partial charge in [-0.1, -0.05) is 24.3 Å². The van der Waals surface area contributed by atoms with Gasteiger partial charge in [0.15, 0.2) is 0 Å². The van der Waals surface area contributed by atoms with Gasteiger partial charge in [-0.05, 0) is 67.6 Å². The molecule has 106 valence electrons. The Labute approximate surface area is 121 Å². The molecule has 0 bridgehead atoms. The first-order valence-electron chi connectivity index (χ1n) is 6.99. The summed E-state index contributed by atoms with van der Waals surface area (Å²) in [5.41, 5.74) is 12.3. The van der Waals surface area contributed by atoms with Crippen LogP contribution in [0.1, 0.15) is 33.9 Å². The van der Waals surface area contributed by atoms with Gasteiger partial charge in [-0.3, -0.25) is 0 Å². The summed E-state index contributed by atoms with van der Waals surface area (Å²) in [7, 11) is 0. The molecule has 0 heterocycles. The van der Waals surface area contributed by atoms with E-state index in [0.29, 0.717) is 6.61 Å². The molecule has 2 aromatic carbocycles. The molecular weight excluding hydrogens is 246 g/mol. The van der Waals surface area contributed by atoms with Crippen LogP contribution in [0.5, 0.6) is 5.75 Å². The number of hydrogen-bond donors (Lipinski definition) is 1. The van der Waals surface area contributed by atoms with Crippen LogP contribution in [0.4, 0.5) is 0 Å². The molecule has 1 unspecified atom stereocenters. The van der Waals surface area contributed by atoms with Gasteiger partial charge in [-0.2, -0.15) is 0 Å². The topological polar surface area (TPSA) is 35.2 Å². The molecule has 0 amide bonds. The van der Waals surface area contributed by atoms with Crippen molar-refractivity contribution in [2.45, 2.75) is 33.7 Å². The summed E-state index contributed by atoms with van der Waals surface area (Å²) in [5, 5.41) is 0. The predicted octanol–water partition coefficient (Wildman–Crippen LogP) is 4.00. The SMILES string of the molecule is Cc1cc(C)cc(OCC(N)c2ccc(C)c(C)c2)c1. The summed E-state index contributed by atoms with van der Waals surface area (Å²) >= 11 is 0. The zero-order chi connectivity index (χ0) is 14.7. The second kappa shape index (κ2) is 6.10. The van der Waals surface area contributed by atoms with E-state index in [2.05, 4.69) is 52.0 Å². The molecule has 0 aliphatic carbocycles. The maximum atomic E-state index is 6.21. The van der Waals surface area contributed by atoms with E-state index in [1.807, 2.05) is 12.1 Å². The molecule has 0 radical (unpaired) electrons. The smallest absolute Gasteiger partial charge is 0.119 e. The van der Waals surface area contributed by atoms with Gasteiger partial charge in [0.25, 0.3) is 0 Å². The summed E-state index contributed by atoms with van der Waals surface area (Å²) in [6.07, 6.45) is 0.